The maximum atomic E-state index is 12.6. The Balaban J connectivity index is 1.54. The zero-order chi connectivity index (χ0) is 20.1. The van der Waals surface area contributed by atoms with Crippen LogP contribution in [0.3, 0.4) is 0 Å². The highest BCUT2D eigenvalue weighted by Crippen LogP contribution is 2.19. The number of aromatic amines is 1. The number of hydrogen-bond acceptors (Lipinski definition) is 4. The van der Waals surface area contributed by atoms with Gasteiger partial charge >= 0.3 is 0 Å². The summed E-state index contributed by atoms with van der Waals surface area (Å²) in [6.07, 6.45) is 4.69. The van der Waals surface area contributed by atoms with E-state index in [4.69, 9.17) is 0 Å². The molecule has 2 heterocycles. The molecule has 0 aliphatic carbocycles. The fourth-order valence-electron chi connectivity index (χ4n) is 3.98. The standard InChI is InChI=1S/C22H30N4O2/c1-16-7-4-5-9-19(16)10-12-26-11-6-8-18(15-26)14-25(3)22(28)20-13-23-17(2)24-21(20)27/h4-5,7,9,13,18H,6,8,10-12,14-15H2,1-3H3,(H,23,24,27)/t18-/m0/s1. The van der Waals surface area contributed by atoms with E-state index in [2.05, 4.69) is 46.1 Å². The van der Waals surface area contributed by atoms with Gasteiger partial charge in [0.05, 0.1) is 0 Å². The third-order valence-electron chi connectivity index (χ3n) is 5.60. The van der Waals surface area contributed by atoms with Crippen LogP contribution in [0.25, 0.3) is 0 Å². The molecule has 1 saturated heterocycles. The van der Waals surface area contributed by atoms with Crippen LogP contribution >= 0.6 is 0 Å². The Morgan fingerprint density at radius 2 is 2.11 bits per heavy atom. The summed E-state index contributed by atoms with van der Waals surface area (Å²) in [4.78, 5) is 35.5. The van der Waals surface area contributed by atoms with Crippen LogP contribution in [0.15, 0.2) is 35.3 Å². The number of likely N-dealkylation sites (tertiary alicyclic amines) is 1. The third-order valence-corrected chi connectivity index (χ3v) is 5.60. The number of nitrogens with zero attached hydrogens (tertiary/aromatic N) is 3. The van der Waals surface area contributed by atoms with Crippen LogP contribution in [0.2, 0.25) is 0 Å². The predicted octanol–water partition coefficient (Wildman–Crippen LogP) is 2.41. The summed E-state index contributed by atoms with van der Waals surface area (Å²) in [5.41, 5.74) is 2.49. The molecule has 0 saturated carbocycles. The van der Waals surface area contributed by atoms with Crippen molar-refractivity contribution in [3.63, 3.8) is 0 Å². The second kappa shape index (κ2) is 9.15. The molecule has 6 heteroatoms. The van der Waals surface area contributed by atoms with E-state index in [1.54, 1.807) is 18.9 Å². The molecule has 0 bridgehead atoms. The Morgan fingerprint density at radius 1 is 1.32 bits per heavy atom. The molecule has 1 amide bonds. The lowest BCUT2D eigenvalue weighted by atomic mass is 9.96. The van der Waals surface area contributed by atoms with Gasteiger partial charge in [-0.1, -0.05) is 24.3 Å². The summed E-state index contributed by atoms with van der Waals surface area (Å²) < 4.78 is 0. The van der Waals surface area contributed by atoms with Crippen LogP contribution < -0.4 is 5.56 Å². The highest BCUT2D eigenvalue weighted by molar-refractivity contribution is 5.93. The van der Waals surface area contributed by atoms with Gasteiger partial charge in [-0.25, -0.2) is 4.98 Å². The van der Waals surface area contributed by atoms with E-state index in [0.717, 1.165) is 38.9 Å². The Morgan fingerprint density at radius 3 is 2.86 bits per heavy atom. The van der Waals surface area contributed by atoms with Gasteiger partial charge < -0.3 is 14.8 Å². The van der Waals surface area contributed by atoms with Crippen LogP contribution in [0.1, 0.15) is 40.2 Å². The molecule has 0 unspecified atom stereocenters. The number of piperidine rings is 1. The first-order valence-electron chi connectivity index (χ1n) is 10.0. The third kappa shape index (κ3) is 5.07. The average Bonchev–Trinajstić information content (AvgIpc) is 2.67. The SMILES string of the molecule is Cc1ncc(C(=O)N(C)C[C@@H]2CCCN(CCc3ccccc3C)C2)c(=O)[nH]1. The number of H-pyrrole nitrogens is 1. The Kier molecular flexibility index (Phi) is 6.62. The van der Waals surface area contributed by atoms with Gasteiger partial charge in [0.25, 0.3) is 11.5 Å². The molecule has 2 aromatic rings. The monoisotopic (exact) mass is 382 g/mol. The molecule has 28 heavy (non-hydrogen) atoms. The average molecular weight is 383 g/mol. The molecule has 1 aromatic carbocycles. The van der Waals surface area contributed by atoms with Crippen molar-refractivity contribution in [3.05, 3.63) is 63.3 Å². The first-order valence-corrected chi connectivity index (χ1v) is 10.0. The lowest BCUT2D eigenvalue weighted by molar-refractivity contribution is 0.0728. The smallest absolute Gasteiger partial charge is 0.263 e. The van der Waals surface area contributed by atoms with Crippen LogP contribution in [0, 0.1) is 19.8 Å². The van der Waals surface area contributed by atoms with Gasteiger partial charge in [-0.3, -0.25) is 9.59 Å². The van der Waals surface area contributed by atoms with Gasteiger partial charge in [0.1, 0.15) is 11.4 Å². The Labute approximate surface area is 166 Å². The quantitative estimate of drug-likeness (QED) is 0.833. The van der Waals surface area contributed by atoms with Crippen molar-refractivity contribution >= 4 is 5.91 Å². The summed E-state index contributed by atoms with van der Waals surface area (Å²) in [5.74, 6) is 0.684. The molecular formula is C22H30N4O2. The second-order valence-electron chi connectivity index (χ2n) is 7.88. The molecule has 1 aliphatic heterocycles. The topological polar surface area (TPSA) is 69.3 Å². The first-order chi connectivity index (χ1) is 13.4. The van der Waals surface area contributed by atoms with Gasteiger partial charge in [0.2, 0.25) is 0 Å². The molecular weight excluding hydrogens is 352 g/mol. The highest BCUT2D eigenvalue weighted by atomic mass is 16.2. The van der Waals surface area contributed by atoms with Crippen LogP contribution in [-0.4, -0.2) is 58.9 Å². The fraction of sp³-hybridized carbons (Fsp3) is 0.500. The molecule has 3 rings (SSSR count). The normalized spacial score (nSPS) is 17.5. The minimum Gasteiger partial charge on any atom is -0.341 e. The predicted molar refractivity (Wildman–Crippen MR) is 111 cm³/mol. The number of amides is 1. The number of rotatable bonds is 6. The summed E-state index contributed by atoms with van der Waals surface area (Å²) >= 11 is 0. The van der Waals surface area contributed by atoms with Crippen molar-refractivity contribution in [2.24, 2.45) is 5.92 Å². The van der Waals surface area contributed by atoms with Crippen molar-refractivity contribution in [2.75, 3.05) is 33.2 Å². The van der Waals surface area contributed by atoms with Crippen molar-refractivity contribution in [2.45, 2.75) is 33.1 Å². The van der Waals surface area contributed by atoms with Crippen LogP contribution in [0.5, 0.6) is 0 Å². The Hall–Kier alpha value is -2.47. The van der Waals surface area contributed by atoms with Gasteiger partial charge in [-0.15, -0.1) is 0 Å². The molecule has 150 valence electrons. The van der Waals surface area contributed by atoms with Crippen molar-refractivity contribution in [3.8, 4) is 0 Å². The lowest BCUT2D eigenvalue weighted by Crippen LogP contribution is -2.43. The van der Waals surface area contributed by atoms with E-state index in [-0.39, 0.29) is 17.0 Å². The Bertz CT molecular complexity index is 877. The van der Waals surface area contributed by atoms with E-state index in [1.807, 2.05) is 0 Å². The van der Waals surface area contributed by atoms with Gasteiger partial charge in [0.15, 0.2) is 0 Å². The zero-order valence-electron chi connectivity index (χ0n) is 17.1. The molecule has 1 aromatic heterocycles. The van der Waals surface area contributed by atoms with Crippen molar-refractivity contribution < 1.29 is 4.79 Å². The maximum absolute atomic E-state index is 12.6. The number of aromatic nitrogens is 2. The molecule has 6 nitrogen and oxygen atoms in total. The highest BCUT2D eigenvalue weighted by Gasteiger charge is 2.24. The minimum atomic E-state index is -0.368. The van der Waals surface area contributed by atoms with Crippen LogP contribution in [0.4, 0.5) is 0 Å². The summed E-state index contributed by atoms with van der Waals surface area (Å²) in [7, 11) is 1.77. The second-order valence-corrected chi connectivity index (χ2v) is 7.88. The largest absolute Gasteiger partial charge is 0.341 e. The van der Waals surface area contributed by atoms with Crippen molar-refractivity contribution in [1.82, 2.24) is 19.8 Å². The van der Waals surface area contributed by atoms with Gasteiger partial charge in [-0.05, 0) is 56.7 Å². The zero-order valence-corrected chi connectivity index (χ0v) is 17.1. The summed E-state index contributed by atoms with van der Waals surface area (Å²) in [6.45, 7) is 7.67. The van der Waals surface area contributed by atoms with E-state index >= 15 is 0 Å². The molecule has 1 fully saturated rings. The molecule has 0 spiro atoms. The molecule has 0 radical (unpaired) electrons. The maximum Gasteiger partial charge on any atom is 0.263 e. The fourth-order valence-corrected chi connectivity index (χ4v) is 3.98. The van der Waals surface area contributed by atoms with E-state index in [1.165, 1.54) is 17.3 Å². The number of nitrogens with one attached hydrogen (secondary N) is 1. The molecule has 1 aliphatic rings. The number of carbonyl (C=O) groups is 1. The van der Waals surface area contributed by atoms with Crippen molar-refractivity contribution in [1.29, 1.82) is 0 Å². The molecule has 1 atom stereocenters. The van der Waals surface area contributed by atoms with Gasteiger partial charge in [0, 0.05) is 32.9 Å². The van der Waals surface area contributed by atoms with E-state index in [9.17, 15) is 9.59 Å². The summed E-state index contributed by atoms with van der Waals surface area (Å²) in [6, 6.07) is 8.55. The molecule has 1 N–H and O–H groups in total. The number of aryl methyl sites for hydroxylation is 2. The van der Waals surface area contributed by atoms with E-state index < -0.39 is 0 Å². The number of benzene rings is 1. The first kappa shape index (κ1) is 20.3. The lowest BCUT2D eigenvalue weighted by Gasteiger charge is -2.34. The van der Waals surface area contributed by atoms with E-state index in [0.29, 0.717) is 18.3 Å². The number of hydrogen-bond donors (Lipinski definition) is 1. The summed E-state index contributed by atoms with van der Waals surface area (Å²) in [5, 5.41) is 0. The van der Waals surface area contributed by atoms with Gasteiger partial charge in [-0.2, -0.15) is 0 Å². The van der Waals surface area contributed by atoms with Crippen LogP contribution in [-0.2, 0) is 6.42 Å². The minimum absolute atomic E-state index is 0.111. The number of carbonyl (C=O) groups excluding carboxylic acids is 1.